The van der Waals surface area contributed by atoms with Crippen LogP contribution < -0.4 is 5.32 Å². The van der Waals surface area contributed by atoms with E-state index in [0.717, 1.165) is 62.7 Å². The number of allylic oxidation sites excluding steroid dienone is 4. The predicted molar refractivity (Wildman–Crippen MR) is 176 cm³/mol. The van der Waals surface area contributed by atoms with Gasteiger partial charge in [-0.2, -0.15) is 5.10 Å². The second-order valence-corrected chi connectivity index (χ2v) is 11.2. The van der Waals surface area contributed by atoms with Gasteiger partial charge in [0.25, 0.3) is 0 Å². The first-order chi connectivity index (χ1) is 20.6. The van der Waals surface area contributed by atoms with E-state index in [4.69, 9.17) is 0 Å². The average Bonchev–Trinajstić information content (AvgIpc) is 3.56. The van der Waals surface area contributed by atoms with Crippen molar-refractivity contribution in [3.8, 4) is 0 Å². The van der Waals surface area contributed by atoms with Crippen LogP contribution in [-0.2, 0) is 24.2 Å². The number of benzene rings is 3. The molecular formula is C36H31BrN4O. The molecule has 2 aromatic heterocycles. The zero-order chi connectivity index (χ0) is 28.9. The number of aromatic amines is 1. The summed E-state index contributed by atoms with van der Waals surface area (Å²) in [5.74, 6) is -0.118. The molecule has 0 radical (unpaired) electrons. The highest BCUT2D eigenvalue weighted by Crippen LogP contribution is 2.32. The third kappa shape index (κ3) is 5.99. The van der Waals surface area contributed by atoms with E-state index in [9.17, 15) is 4.79 Å². The molecule has 6 rings (SSSR count). The van der Waals surface area contributed by atoms with Crippen LogP contribution in [0.4, 0.5) is 0 Å². The Balaban J connectivity index is 1.10. The molecule has 0 unspecified atom stereocenters. The number of halogens is 1. The summed E-state index contributed by atoms with van der Waals surface area (Å²) in [4.78, 5) is 15.7. The van der Waals surface area contributed by atoms with Crippen molar-refractivity contribution in [2.24, 2.45) is 0 Å². The van der Waals surface area contributed by atoms with E-state index in [1.807, 2.05) is 54.9 Å². The van der Waals surface area contributed by atoms with Gasteiger partial charge in [0, 0.05) is 41.8 Å². The third-order valence-electron chi connectivity index (χ3n) is 7.61. The van der Waals surface area contributed by atoms with Crippen molar-refractivity contribution in [1.82, 2.24) is 20.1 Å². The average molecular weight is 616 g/mol. The molecule has 5 aromatic rings. The molecule has 6 heteroatoms. The molecule has 0 fully saturated rings. The number of fused-ring (bicyclic) bond motifs is 2. The molecule has 42 heavy (non-hydrogen) atoms. The van der Waals surface area contributed by atoms with Gasteiger partial charge in [-0.3, -0.25) is 4.79 Å². The van der Waals surface area contributed by atoms with Crippen LogP contribution >= 0.6 is 15.9 Å². The van der Waals surface area contributed by atoms with Crippen LogP contribution in [0.25, 0.3) is 34.3 Å². The number of nitrogens with zero attached hydrogens (tertiary/aromatic N) is 2. The molecular weight excluding hydrogens is 584 g/mol. The molecule has 1 amide bonds. The van der Waals surface area contributed by atoms with Crippen LogP contribution in [-0.4, -0.2) is 20.7 Å². The van der Waals surface area contributed by atoms with Gasteiger partial charge in [-0.05, 0) is 80.4 Å². The van der Waals surface area contributed by atoms with Crippen molar-refractivity contribution < 1.29 is 4.79 Å². The van der Waals surface area contributed by atoms with Crippen LogP contribution in [0, 0.1) is 0 Å². The fourth-order valence-corrected chi connectivity index (χ4v) is 5.76. The Bertz CT molecular complexity index is 1850. The van der Waals surface area contributed by atoms with Crippen molar-refractivity contribution in [3.05, 3.63) is 148 Å². The van der Waals surface area contributed by atoms with Crippen molar-refractivity contribution in [2.75, 3.05) is 0 Å². The Morgan fingerprint density at radius 2 is 1.79 bits per heavy atom. The van der Waals surface area contributed by atoms with Gasteiger partial charge in [0.05, 0.1) is 16.4 Å². The minimum Gasteiger partial charge on any atom is -0.361 e. The molecule has 0 spiro atoms. The maximum atomic E-state index is 12.5. The fraction of sp³-hybridized carbons (Fsp3) is 0.111. The molecule has 5 nitrogen and oxygen atoms in total. The van der Waals surface area contributed by atoms with Crippen molar-refractivity contribution in [2.45, 2.75) is 25.8 Å². The van der Waals surface area contributed by atoms with E-state index in [0.29, 0.717) is 6.54 Å². The molecule has 1 aliphatic rings. The molecule has 3 aromatic carbocycles. The summed E-state index contributed by atoms with van der Waals surface area (Å²) in [6.07, 6.45) is 16.2. The molecule has 3 heterocycles. The highest BCUT2D eigenvalue weighted by atomic mass is 79.9. The summed E-state index contributed by atoms with van der Waals surface area (Å²) in [5, 5.41) is 8.77. The summed E-state index contributed by atoms with van der Waals surface area (Å²) in [6.45, 7) is 4.48. The SMILES string of the molecule is C=Cc1ccccc1C1=CCc2c(Br)cnn2C(CCc2ccc(CNC(=O)/C=C/c3c[nH]c4ccccc34)cc2)=C1. The van der Waals surface area contributed by atoms with Gasteiger partial charge in [-0.1, -0.05) is 85.5 Å². The van der Waals surface area contributed by atoms with Gasteiger partial charge < -0.3 is 10.3 Å². The zero-order valence-electron chi connectivity index (χ0n) is 23.2. The number of carbonyl (C=O) groups excluding carboxylic acids is 1. The minimum atomic E-state index is -0.118. The highest BCUT2D eigenvalue weighted by Gasteiger charge is 2.17. The lowest BCUT2D eigenvalue weighted by molar-refractivity contribution is -0.116. The second kappa shape index (κ2) is 12.5. The summed E-state index contributed by atoms with van der Waals surface area (Å²) in [6, 6.07) is 24.9. The maximum absolute atomic E-state index is 12.5. The smallest absolute Gasteiger partial charge is 0.244 e. The summed E-state index contributed by atoms with van der Waals surface area (Å²) in [5.41, 5.74) is 10.1. The number of aromatic nitrogens is 3. The lowest BCUT2D eigenvalue weighted by atomic mass is 9.97. The molecule has 0 aliphatic carbocycles. The monoisotopic (exact) mass is 614 g/mol. The summed E-state index contributed by atoms with van der Waals surface area (Å²) in [7, 11) is 0. The lowest BCUT2D eigenvalue weighted by Gasteiger charge is -2.12. The second-order valence-electron chi connectivity index (χ2n) is 10.3. The first-order valence-corrected chi connectivity index (χ1v) is 14.8. The topological polar surface area (TPSA) is 62.7 Å². The maximum Gasteiger partial charge on any atom is 0.244 e. The van der Waals surface area contributed by atoms with Gasteiger partial charge >= 0.3 is 0 Å². The first kappa shape index (κ1) is 27.5. The number of nitrogens with one attached hydrogen (secondary N) is 2. The van der Waals surface area contributed by atoms with Crippen LogP contribution in [0.5, 0.6) is 0 Å². The zero-order valence-corrected chi connectivity index (χ0v) is 24.8. The summed E-state index contributed by atoms with van der Waals surface area (Å²) < 4.78 is 3.09. The minimum absolute atomic E-state index is 0.118. The van der Waals surface area contributed by atoms with E-state index >= 15 is 0 Å². The van der Waals surface area contributed by atoms with Crippen LogP contribution in [0.3, 0.4) is 0 Å². The number of hydrogen-bond acceptors (Lipinski definition) is 2. The number of H-pyrrole nitrogens is 1. The quantitative estimate of drug-likeness (QED) is 0.164. The molecule has 0 atom stereocenters. The number of carbonyl (C=O) groups is 1. The number of aryl methyl sites for hydroxylation is 1. The molecule has 0 bridgehead atoms. The van der Waals surface area contributed by atoms with E-state index in [1.165, 1.54) is 16.7 Å². The largest absolute Gasteiger partial charge is 0.361 e. The van der Waals surface area contributed by atoms with Crippen LogP contribution in [0.15, 0.2) is 114 Å². The van der Waals surface area contributed by atoms with Crippen LogP contribution in [0.2, 0.25) is 0 Å². The number of rotatable bonds is 9. The lowest BCUT2D eigenvalue weighted by Crippen LogP contribution is -2.20. The fourth-order valence-electron chi connectivity index (χ4n) is 5.34. The summed E-state index contributed by atoms with van der Waals surface area (Å²) >= 11 is 3.69. The highest BCUT2D eigenvalue weighted by molar-refractivity contribution is 9.10. The van der Waals surface area contributed by atoms with Gasteiger partial charge in [-0.25, -0.2) is 4.68 Å². The van der Waals surface area contributed by atoms with Gasteiger partial charge in [0.15, 0.2) is 0 Å². The van der Waals surface area contributed by atoms with E-state index in [2.05, 4.69) is 97.2 Å². The van der Waals surface area contributed by atoms with Gasteiger partial charge in [0.2, 0.25) is 5.91 Å². The molecule has 1 aliphatic heterocycles. The Labute approximate surface area is 254 Å². The van der Waals surface area contributed by atoms with Gasteiger partial charge in [-0.15, -0.1) is 0 Å². The molecule has 2 N–H and O–H groups in total. The van der Waals surface area contributed by atoms with E-state index in [1.54, 1.807) is 6.08 Å². The van der Waals surface area contributed by atoms with Crippen molar-refractivity contribution in [1.29, 1.82) is 0 Å². The van der Waals surface area contributed by atoms with Gasteiger partial charge in [0.1, 0.15) is 0 Å². The normalized spacial score (nSPS) is 13.0. The van der Waals surface area contributed by atoms with Crippen molar-refractivity contribution >= 4 is 56.2 Å². The predicted octanol–water partition coefficient (Wildman–Crippen LogP) is 8.21. The number of amides is 1. The standard InChI is InChI=1S/C36H31BrN4O/c1-2-27-7-3-4-8-31(27)28-16-19-35-33(37)24-40-41(35)30(21-28)18-15-25-11-13-26(14-12-25)22-39-36(42)20-17-29-23-38-34-10-6-5-9-32(29)34/h2-14,16-17,20-21,23-24,38H,1,15,18-19,22H2,(H,39,42)/b20-17+. The van der Waals surface area contributed by atoms with Crippen LogP contribution in [0.1, 0.15) is 39.9 Å². The first-order valence-electron chi connectivity index (χ1n) is 14.0. The Kier molecular flexibility index (Phi) is 8.15. The molecule has 0 saturated carbocycles. The molecule has 208 valence electrons. The Hall–Kier alpha value is -4.68. The Morgan fingerprint density at radius 3 is 2.64 bits per heavy atom. The molecule has 0 saturated heterocycles. The number of hydrogen-bond donors (Lipinski definition) is 2. The Morgan fingerprint density at radius 1 is 1.00 bits per heavy atom. The van der Waals surface area contributed by atoms with E-state index < -0.39 is 0 Å². The van der Waals surface area contributed by atoms with Crippen molar-refractivity contribution in [3.63, 3.8) is 0 Å². The third-order valence-corrected chi connectivity index (χ3v) is 8.28. The number of para-hydroxylation sites is 1. The van der Waals surface area contributed by atoms with E-state index in [-0.39, 0.29) is 5.91 Å².